The van der Waals surface area contributed by atoms with Crippen LogP contribution in [-0.4, -0.2) is 17.7 Å². The second-order valence-electron chi connectivity index (χ2n) is 4.94. The van der Waals surface area contributed by atoms with Gasteiger partial charge in [-0.15, -0.1) is 0 Å². The number of hydrogen-bond donors (Lipinski definition) is 0. The van der Waals surface area contributed by atoms with Gasteiger partial charge in [-0.2, -0.15) is 0 Å². The molecule has 1 aliphatic carbocycles. The summed E-state index contributed by atoms with van der Waals surface area (Å²) in [6.45, 7) is 2.16. The Hall–Kier alpha value is -1.12. The Labute approximate surface area is 102 Å². The number of allylic oxidation sites excluding steroid dienone is 2. The van der Waals surface area contributed by atoms with Crippen LogP contribution in [0.15, 0.2) is 11.3 Å². The minimum atomic E-state index is -0.0109. The van der Waals surface area contributed by atoms with E-state index in [4.69, 9.17) is 4.74 Å². The predicted octanol–water partition coefficient (Wildman–Crippen LogP) is 2.93. The average molecular weight is 236 g/mol. The van der Waals surface area contributed by atoms with Gasteiger partial charge < -0.3 is 4.74 Å². The second-order valence-corrected chi connectivity index (χ2v) is 4.94. The van der Waals surface area contributed by atoms with Crippen LogP contribution in [-0.2, 0) is 14.3 Å². The van der Waals surface area contributed by atoms with Gasteiger partial charge in [-0.3, -0.25) is 9.59 Å². The SMILES string of the molecule is CCCCCC1CC(=O)C2=C(CCCC2=O)O1. The minimum Gasteiger partial charge on any atom is -0.493 e. The maximum absolute atomic E-state index is 11.9. The first kappa shape index (κ1) is 12.3. The Morgan fingerprint density at radius 2 is 2.00 bits per heavy atom. The van der Waals surface area contributed by atoms with E-state index in [1.54, 1.807) is 0 Å². The number of carbonyl (C=O) groups excluding carboxylic acids is 2. The van der Waals surface area contributed by atoms with Crippen LogP contribution >= 0.6 is 0 Å². The third-order valence-corrected chi connectivity index (χ3v) is 3.50. The third-order valence-electron chi connectivity index (χ3n) is 3.50. The maximum atomic E-state index is 11.9. The van der Waals surface area contributed by atoms with Crippen molar-refractivity contribution in [2.45, 2.75) is 64.4 Å². The van der Waals surface area contributed by atoms with Gasteiger partial charge in [0.1, 0.15) is 11.9 Å². The summed E-state index contributed by atoms with van der Waals surface area (Å²) >= 11 is 0. The Kier molecular flexibility index (Phi) is 3.97. The van der Waals surface area contributed by atoms with Crippen molar-refractivity contribution in [3.05, 3.63) is 11.3 Å². The Morgan fingerprint density at radius 1 is 1.18 bits per heavy atom. The van der Waals surface area contributed by atoms with Crippen molar-refractivity contribution in [3.63, 3.8) is 0 Å². The van der Waals surface area contributed by atoms with Crippen LogP contribution in [0, 0.1) is 0 Å². The molecule has 0 saturated carbocycles. The normalized spacial score (nSPS) is 24.6. The summed E-state index contributed by atoms with van der Waals surface area (Å²) in [5, 5.41) is 0. The molecular formula is C14H20O3. The number of hydrogen-bond acceptors (Lipinski definition) is 3. The molecule has 1 unspecified atom stereocenters. The van der Waals surface area contributed by atoms with Gasteiger partial charge in [0.15, 0.2) is 11.6 Å². The summed E-state index contributed by atoms with van der Waals surface area (Å²) in [4.78, 5) is 23.6. The highest BCUT2D eigenvalue weighted by atomic mass is 16.5. The summed E-state index contributed by atoms with van der Waals surface area (Å²) in [5.41, 5.74) is 0.378. The van der Waals surface area contributed by atoms with Crippen LogP contribution in [0.2, 0.25) is 0 Å². The molecule has 0 bridgehead atoms. The van der Waals surface area contributed by atoms with Gasteiger partial charge in [0, 0.05) is 19.3 Å². The number of rotatable bonds is 4. The van der Waals surface area contributed by atoms with Crippen LogP contribution in [0.3, 0.4) is 0 Å². The molecular weight excluding hydrogens is 216 g/mol. The van der Waals surface area contributed by atoms with Gasteiger partial charge in [-0.1, -0.05) is 19.8 Å². The van der Waals surface area contributed by atoms with E-state index in [-0.39, 0.29) is 17.7 Å². The summed E-state index contributed by atoms with van der Waals surface area (Å²) in [7, 11) is 0. The second kappa shape index (κ2) is 5.48. The Bertz CT molecular complexity index is 354. The van der Waals surface area contributed by atoms with E-state index < -0.39 is 0 Å². The third kappa shape index (κ3) is 2.76. The lowest BCUT2D eigenvalue weighted by molar-refractivity contribution is -0.126. The topological polar surface area (TPSA) is 43.4 Å². The van der Waals surface area contributed by atoms with Gasteiger partial charge in [-0.05, 0) is 19.3 Å². The average Bonchev–Trinajstić information content (AvgIpc) is 2.29. The summed E-state index contributed by atoms with van der Waals surface area (Å²) < 4.78 is 5.82. The van der Waals surface area contributed by atoms with Crippen LogP contribution in [0.4, 0.5) is 0 Å². The number of ketones is 2. The van der Waals surface area contributed by atoms with E-state index >= 15 is 0 Å². The number of unbranched alkanes of at least 4 members (excludes halogenated alkanes) is 2. The molecule has 94 valence electrons. The predicted molar refractivity (Wildman–Crippen MR) is 64.5 cm³/mol. The summed E-state index contributed by atoms with van der Waals surface area (Å²) in [6, 6.07) is 0. The molecule has 0 radical (unpaired) electrons. The molecule has 0 aromatic rings. The van der Waals surface area contributed by atoms with Crippen molar-refractivity contribution in [3.8, 4) is 0 Å². The van der Waals surface area contributed by atoms with Crippen molar-refractivity contribution >= 4 is 11.6 Å². The van der Waals surface area contributed by atoms with Crippen LogP contribution in [0.1, 0.15) is 58.3 Å². The lowest BCUT2D eigenvalue weighted by Crippen LogP contribution is -2.31. The first-order valence-corrected chi connectivity index (χ1v) is 6.68. The number of carbonyl (C=O) groups is 2. The molecule has 1 aliphatic heterocycles. The first-order chi connectivity index (χ1) is 8.22. The fourth-order valence-electron chi connectivity index (χ4n) is 2.58. The van der Waals surface area contributed by atoms with Crippen LogP contribution in [0.25, 0.3) is 0 Å². The molecule has 0 saturated heterocycles. The first-order valence-electron chi connectivity index (χ1n) is 6.68. The summed E-state index contributed by atoms with van der Waals surface area (Å²) in [5.74, 6) is 0.680. The molecule has 3 nitrogen and oxygen atoms in total. The number of Topliss-reactive ketones (excluding diaryl/α,β-unsaturated/α-hetero) is 2. The monoisotopic (exact) mass is 236 g/mol. The molecule has 2 aliphatic rings. The van der Waals surface area contributed by atoms with E-state index in [2.05, 4.69) is 6.92 Å². The zero-order valence-electron chi connectivity index (χ0n) is 10.5. The fraction of sp³-hybridized carbons (Fsp3) is 0.714. The molecule has 1 atom stereocenters. The largest absolute Gasteiger partial charge is 0.493 e. The van der Waals surface area contributed by atoms with E-state index in [1.165, 1.54) is 12.8 Å². The van der Waals surface area contributed by atoms with E-state index in [9.17, 15) is 9.59 Å². The fourth-order valence-corrected chi connectivity index (χ4v) is 2.58. The van der Waals surface area contributed by atoms with Crippen LogP contribution < -0.4 is 0 Å². The molecule has 2 rings (SSSR count). The van der Waals surface area contributed by atoms with Gasteiger partial charge >= 0.3 is 0 Å². The minimum absolute atomic E-state index is 0.0109. The van der Waals surface area contributed by atoms with Gasteiger partial charge in [0.2, 0.25) is 0 Å². The van der Waals surface area contributed by atoms with Crippen LogP contribution in [0.5, 0.6) is 0 Å². The lowest BCUT2D eigenvalue weighted by atomic mass is 9.88. The molecule has 0 N–H and O–H groups in total. The molecule has 0 aromatic carbocycles. The van der Waals surface area contributed by atoms with Crippen molar-refractivity contribution < 1.29 is 14.3 Å². The van der Waals surface area contributed by atoms with Crippen molar-refractivity contribution in [2.24, 2.45) is 0 Å². The highest BCUT2D eigenvalue weighted by molar-refractivity contribution is 6.21. The van der Waals surface area contributed by atoms with Crippen molar-refractivity contribution in [1.82, 2.24) is 0 Å². The maximum Gasteiger partial charge on any atom is 0.173 e. The lowest BCUT2D eigenvalue weighted by Gasteiger charge is -2.29. The highest BCUT2D eigenvalue weighted by Gasteiger charge is 2.34. The zero-order chi connectivity index (χ0) is 12.3. The summed E-state index contributed by atoms with van der Waals surface area (Å²) in [6.07, 6.45) is 6.90. The highest BCUT2D eigenvalue weighted by Crippen LogP contribution is 2.32. The molecule has 0 aromatic heterocycles. The zero-order valence-corrected chi connectivity index (χ0v) is 10.5. The van der Waals surface area contributed by atoms with E-state index in [0.29, 0.717) is 24.2 Å². The van der Waals surface area contributed by atoms with Crippen molar-refractivity contribution in [1.29, 1.82) is 0 Å². The number of ether oxygens (including phenoxy) is 1. The molecule has 17 heavy (non-hydrogen) atoms. The van der Waals surface area contributed by atoms with Crippen molar-refractivity contribution in [2.75, 3.05) is 0 Å². The standard InChI is InChI=1S/C14H20O3/c1-2-3-4-6-10-9-12(16)14-11(15)7-5-8-13(14)17-10/h10H,2-9H2,1H3. The molecule has 0 spiro atoms. The Balaban J connectivity index is 2.01. The van der Waals surface area contributed by atoms with Gasteiger partial charge in [-0.25, -0.2) is 0 Å². The molecule has 0 amide bonds. The van der Waals surface area contributed by atoms with Gasteiger partial charge in [0.05, 0.1) is 5.57 Å². The van der Waals surface area contributed by atoms with E-state index in [0.717, 1.165) is 25.7 Å². The smallest absolute Gasteiger partial charge is 0.173 e. The molecule has 0 fully saturated rings. The Morgan fingerprint density at radius 3 is 2.76 bits per heavy atom. The molecule has 1 heterocycles. The molecule has 3 heteroatoms. The van der Waals surface area contributed by atoms with E-state index in [1.807, 2.05) is 0 Å². The van der Waals surface area contributed by atoms with Gasteiger partial charge in [0.25, 0.3) is 0 Å². The quantitative estimate of drug-likeness (QED) is 0.557.